The summed E-state index contributed by atoms with van der Waals surface area (Å²) < 4.78 is 7.50. The molecule has 0 saturated heterocycles. The number of nitrogens with zero attached hydrogens (tertiary/aromatic N) is 1. The molecule has 0 fully saturated rings. The number of nitro groups is 1. The Labute approximate surface area is 131 Å². The van der Waals surface area contributed by atoms with E-state index < -0.39 is 4.92 Å². The summed E-state index contributed by atoms with van der Waals surface area (Å²) in [5.41, 5.74) is 0.0642. The van der Waals surface area contributed by atoms with Gasteiger partial charge < -0.3 is 4.74 Å². The Balaban J connectivity index is 2.24. The summed E-state index contributed by atoms with van der Waals surface area (Å²) in [5.74, 6) is 1.32. The zero-order chi connectivity index (χ0) is 13.1. The lowest BCUT2D eigenvalue weighted by molar-refractivity contribution is -0.385. The molecule has 0 saturated carbocycles. The van der Waals surface area contributed by atoms with Crippen molar-refractivity contribution in [2.24, 2.45) is 0 Å². The molecule has 18 heavy (non-hydrogen) atoms. The van der Waals surface area contributed by atoms with Crippen LogP contribution in [0.3, 0.4) is 0 Å². The first kappa shape index (κ1) is 13.5. The largest absolute Gasteiger partial charge is 0.456 e. The van der Waals surface area contributed by atoms with Gasteiger partial charge in [0.25, 0.3) is 5.69 Å². The van der Waals surface area contributed by atoms with Gasteiger partial charge >= 0.3 is 0 Å². The lowest BCUT2D eigenvalue weighted by Gasteiger charge is -2.07. The van der Waals surface area contributed by atoms with Crippen LogP contribution in [0.15, 0.2) is 42.5 Å². The summed E-state index contributed by atoms with van der Waals surface area (Å²) in [7, 11) is 0. The highest BCUT2D eigenvalue weighted by Gasteiger charge is 2.10. The highest BCUT2D eigenvalue weighted by atomic mass is 127. The number of hydrogen-bond acceptors (Lipinski definition) is 3. The third kappa shape index (κ3) is 3.31. The van der Waals surface area contributed by atoms with E-state index in [4.69, 9.17) is 4.74 Å². The first-order valence-electron chi connectivity index (χ1n) is 4.93. The third-order valence-corrected chi connectivity index (χ3v) is 3.73. The van der Waals surface area contributed by atoms with Crippen LogP contribution in [-0.4, -0.2) is 4.92 Å². The summed E-state index contributed by atoms with van der Waals surface area (Å²) in [5, 5.41) is 10.6. The van der Waals surface area contributed by atoms with Crippen LogP contribution < -0.4 is 4.74 Å². The van der Waals surface area contributed by atoms with Crippen LogP contribution in [0.25, 0.3) is 0 Å². The van der Waals surface area contributed by atoms with E-state index in [1.165, 1.54) is 12.1 Å². The van der Waals surface area contributed by atoms with Gasteiger partial charge in [-0.3, -0.25) is 10.1 Å². The lowest BCUT2D eigenvalue weighted by atomic mass is 10.3. The first-order chi connectivity index (χ1) is 8.56. The van der Waals surface area contributed by atoms with Crippen molar-refractivity contribution in [1.29, 1.82) is 0 Å². The molecule has 0 aromatic heterocycles. The molecular formula is C12H7I2NO3. The zero-order valence-electron chi connectivity index (χ0n) is 8.97. The summed E-state index contributed by atoms with van der Waals surface area (Å²) in [6, 6.07) is 12.1. The van der Waals surface area contributed by atoms with Crippen LogP contribution >= 0.6 is 45.2 Å². The van der Waals surface area contributed by atoms with Crippen molar-refractivity contribution < 1.29 is 9.66 Å². The van der Waals surface area contributed by atoms with Crippen LogP contribution in [0.4, 0.5) is 5.69 Å². The number of rotatable bonds is 3. The molecule has 0 unspecified atom stereocenters. The van der Waals surface area contributed by atoms with Gasteiger partial charge in [-0.2, -0.15) is 0 Å². The SMILES string of the molecule is O=[N+]([O-])c1ccc(Oc2ccc(I)cc2)c(I)c1. The van der Waals surface area contributed by atoms with E-state index in [-0.39, 0.29) is 5.69 Å². The Morgan fingerprint density at radius 2 is 1.72 bits per heavy atom. The number of hydrogen-bond donors (Lipinski definition) is 0. The second-order valence-corrected chi connectivity index (χ2v) is 5.84. The van der Waals surface area contributed by atoms with Gasteiger partial charge in [-0.05, 0) is 75.5 Å². The van der Waals surface area contributed by atoms with Crippen LogP contribution in [0.1, 0.15) is 0 Å². The first-order valence-corrected chi connectivity index (χ1v) is 7.09. The molecule has 0 radical (unpaired) electrons. The molecule has 92 valence electrons. The van der Waals surface area contributed by atoms with Gasteiger partial charge in [0.1, 0.15) is 11.5 Å². The summed E-state index contributed by atoms with van der Waals surface area (Å²) in [6.07, 6.45) is 0. The van der Waals surface area contributed by atoms with Crippen LogP contribution in [0.5, 0.6) is 11.5 Å². The van der Waals surface area contributed by atoms with Crippen LogP contribution in [-0.2, 0) is 0 Å². The molecule has 0 aliphatic rings. The molecule has 0 bridgehead atoms. The van der Waals surface area contributed by atoms with Gasteiger partial charge in [-0.15, -0.1) is 0 Å². The van der Waals surface area contributed by atoms with Crippen molar-refractivity contribution in [2.45, 2.75) is 0 Å². The molecule has 4 nitrogen and oxygen atoms in total. The quantitative estimate of drug-likeness (QED) is 0.377. The predicted octanol–water partition coefficient (Wildman–Crippen LogP) is 4.60. The summed E-state index contributed by atoms with van der Waals surface area (Å²) >= 11 is 4.24. The molecule has 0 aliphatic heterocycles. The van der Waals surface area contributed by atoms with E-state index in [0.717, 1.165) is 3.57 Å². The van der Waals surface area contributed by atoms with Crippen LogP contribution in [0, 0.1) is 17.3 Å². The minimum absolute atomic E-state index is 0.0642. The molecule has 2 aromatic carbocycles. The summed E-state index contributed by atoms with van der Waals surface area (Å²) in [6.45, 7) is 0. The second-order valence-electron chi connectivity index (χ2n) is 3.43. The minimum Gasteiger partial charge on any atom is -0.456 e. The zero-order valence-corrected chi connectivity index (χ0v) is 13.3. The number of halogens is 2. The molecule has 0 heterocycles. The highest BCUT2D eigenvalue weighted by Crippen LogP contribution is 2.29. The van der Waals surface area contributed by atoms with Gasteiger partial charge in [0.05, 0.1) is 8.49 Å². The third-order valence-electron chi connectivity index (χ3n) is 2.17. The fourth-order valence-electron chi connectivity index (χ4n) is 1.32. The van der Waals surface area contributed by atoms with E-state index in [1.54, 1.807) is 6.07 Å². The fourth-order valence-corrected chi connectivity index (χ4v) is 2.28. The average Bonchev–Trinajstić information content (AvgIpc) is 2.34. The Morgan fingerprint density at radius 1 is 1.06 bits per heavy atom. The van der Waals surface area contributed by atoms with Crippen molar-refractivity contribution in [3.05, 3.63) is 59.7 Å². The Kier molecular flexibility index (Phi) is 4.38. The maximum absolute atomic E-state index is 10.6. The minimum atomic E-state index is -0.420. The summed E-state index contributed by atoms with van der Waals surface area (Å²) in [4.78, 5) is 10.2. The smallest absolute Gasteiger partial charge is 0.270 e. The van der Waals surface area contributed by atoms with Gasteiger partial charge in [-0.1, -0.05) is 0 Å². The Bertz CT molecular complexity index is 584. The van der Waals surface area contributed by atoms with Crippen molar-refractivity contribution in [3.8, 4) is 11.5 Å². The standard InChI is InChI=1S/C12H7I2NO3/c13-8-1-4-10(5-2-8)18-12-6-3-9(15(16)17)7-11(12)14/h1-7H. The predicted molar refractivity (Wildman–Crippen MR) is 85.0 cm³/mol. The number of ether oxygens (including phenoxy) is 1. The molecular weight excluding hydrogens is 460 g/mol. The van der Waals surface area contributed by atoms with Crippen molar-refractivity contribution in [3.63, 3.8) is 0 Å². The number of non-ortho nitro benzene ring substituents is 1. The molecule has 0 amide bonds. The molecule has 6 heteroatoms. The topological polar surface area (TPSA) is 52.4 Å². The van der Waals surface area contributed by atoms with E-state index >= 15 is 0 Å². The second kappa shape index (κ2) is 5.83. The maximum atomic E-state index is 10.6. The van der Waals surface area contributed by atoms with Gasteiger partial charge in [0.2, 0.25) is 0 Å². The normalized spacial score (nSPS) is 10.1. The monoisotopic (exact) mass is 467 g/mol. The maximum Gasteiger partial charge on any atom is 0.270 e. The molecule has 0 aliphatic carbocycles. The van der Waals surface area contributed by atoms with Crippen molar-refractivity contribution in [2.75, 3.05) is 0 Å². The number of benzene rings is 2. The lowest BCUT2D eigenvalue weighted by Crippen LogP contribution is -1.91. The van der Waals surface area contributed by atoms with E-state index in [1.807, 2.05) is 46.9 Å². The van der Waals surface area contributed by atoms with Gasteiger partial charge in [-0.25, -0.2) is 0 Å². The van der Waals surface area contributed by atoms with E-state index in [0.29, 0.717) is 15.1 Å². The molecule has 0 spiro atoms. The van der Waals surface area contributed by atoms with Gasteiger partial charge in [0.15, 0.2) is 0 Å². The molecule has 0 atom stereocenters. The Morgan fingerprint density at radius 3 is 2.28 bits per heavy atom. The van der Waals surface area contributed by atoms with Crippen molar-refractivity contribution >= 4 is 50.9 Å². The number of nitro benzene ring substituents is 1. The Hall–Kier alpha value is -0.900. The molecule has 2 aromatic rings. The van der Waals surface area contributed by atoms with Crippen molar-refractivity contribution in [1.82, 2.24) is 0 Å². The molecule has 0 N–H and O–H groups in total. The average molecular weight is 467 g/mol. The highest BCUT2D eigenvalue weighted by molar-refractivity contribution is 14.1. The fraction of sp³-hybridized carbons (Fsp3) is 0. The van der Waals surface area contributed by atoms with Crippen LogP contribution in [0.2, 0.25) is 0 Å². The molecule has 2 rings (SSSR count). The van der Waals surface area contributed by atoms with Gasteiger partial charge in [0, 0.05) is 15.7 Å². The van der Waals surface area contributed by atoms with E-state index in [9.17, 15) is 10.1 Å². The van der Waals surface area contributed by atoms with E-state index in [2.05, 4.69) is 22.6 Å².